The Labute approximate surface area is 188 Å². The number of hydrogen-bond donors (Lipinski definition) is 1. The third-order valence-electron chi connectivity index (χ3n) is 4.20. The lowest BCUT2D eigenvalue weighted by Gasteiger charge is -2.24. The highest BCUT2D eigenvalue weighted by Crippen LogP contribution is 2.33. The lowest BCUT2D eigenvalue weighted by atomic mass is 10.0. The van der Waals surface area contributed by atoms with Gasteiger partial charge in [-0.2, -0.15) is 0 Å². The summed E-state index contributed by atoms with van der Waals surface area (Å²) in [4.78, 5) is 30.3. The molecule has 9 nitrogen and oxygen atoms in total. The Kier molecular flexibility index (Phi) is 12.0. The number of nitrogens with zero attached hydrogens (tertiary/aromatic N) is 2. The molecule has 1 aliphatic rings. The molecule has 0 saturated heterocycles. The van der Waals surface area contributed by atoms with Crippen LogP contribution in [-0.4, -0.2) is 68.7 Å². The topological polar surface area (TPSA) is 111 Å². The molecule has 9 heteroatoms. The number of fused-ring (bicyclic) bond motifs is 1. The van der Waals surface area contributed by atoms with Crippen molar-refractivity contribution >= 4 is 17.9 Å². The van der Waals surface area contributed by atoms with Gasteiger partial charge in [0.15, 0.2) is 17.3 Å². The van der Waals surface area contributed by atoms with Crippen LogP contribution in [0.5, 0.6) is 11.5 Å². The van der Waals surface area contributed by atoms with E-state index in [1.54, 1.807) is 64.7 Å². The normalized spacial score (nSPS) is 11.6. The first kappa shape index (κ1) is 26.5. The first-order chi connectivity index (χ1) is 15.4. The number of ketones is 1. The van der Waals surface area contributed by atoms with E-state index in [1.165, 1.54) is 17.2 Å². The van der Waals surface area contributed by atoms with E-state index in [1.807, 2.05) is 0 Å². The summed E-state index contributed by atoms with van der Waals surface area (Å²) in [5.74, 6) is 0.751. The Morgan fingerprint density at radius 1 is 1.22 bits per heavy atom. The van der Waals surface area contributed by atoms with Gasteiger partial charge < -0.3 is 29.3 Å². The highest BCUT2D eigenvalue weighted by atomic mass is 16.7. The predicted octanol–water partition coefficient (Wildman–Crippen LogP) is 3.21. The quantitative estimate of drug-likeness (QED) is 0.397. The summed E-state index contributed by atoms with van der Waals surface area (Å²) in [5.41, 5.74) is 0.924. The Morgan fingerprint density at radius 3 is 2.41 bits per heavy atom. The van der Waals surface area contributed by atoms with Crippen molar-refractivity contribution in [2.75, 3.05) is 34.9 Å². The molecular weight excluding hydrogens is 414 g/mol. The third kappa shape index (κ3) is 7.93. The van der Waals surface area contributed by atoms with E-state index >= 15 is 0 Å². The molecule has 2 heterocycles. The van der Waals surface area contributed by atoms with Gasteiger partial charge in [-0.1, -0.05) is 12.7 Å². The average molecular weight is 444 g/mol. The number of allylic oxidation sites excluding steroid dienone is 1. The predicted molar refractivity (Wildman–Crippen MR) is 121 cm³/mol. The largest absolute Gasteiger partial charge is 0.454 e. The molecule has 1 N–H and O–H groups in total. The summed E-state index contributed by atoms with van der Waals surface area (Å²) >= 11 is 0. The highest BCUT2D eigenvalue weighted by molar-refractivity contribution is 6.04. The smallest absolute Gasteiger partial charge is 0.255 e. The standard InChI is InChI=1S/C17H16N2O4.C3H5N.C3H8O2/c1-11(19(2)17(21)13-4-3-7-18-9-13)16(20)12-5-6-14-15(8-12)23-10-22-14;1-2-3-4;1-4-3-5-2/h3-9,11H,10H2,1-2H3;2-4H,1H2;3H2,1-2H3. The number of ether oxygens (including phenoxy) is 4. The van der Waals surface area contributed by atoms with Crippen LogP contribution in [0.4, 0.5) is 0 Å². The van der Waals surface area contributed by atoms with Crippen molar-refractivity contribution in [2.24, 2.45) is 0 Å². The highest BCUT2D eigenvalue weighted by Gasteiger charge is 2.26. The fourth-order valence-corrected chi connectivity index (χ4v) is 2.45. The lowest BCUT2D eigenvalue weighted by molar-refractivity contribution is -0.00272. The number of likely N-dealkylation sites (N-methyl/N-ethyl adjacent to an activating group) is 1. The van der Waals surface area contributed by atoms with Crippen LogP contribution in [0, 0.1) is 5.41 Å². The number of hydrogen-bond acceptors (Lipinski definition) is 8. The van der Waals surface area contributed by atoms with Gasteiger partial charge in [-0.25, -0.2) is 0 Å². The zero-order valence-corrected chi connectivity index (χ0v) is 18.7. The molecule has 3 rings (SSSR count). The zero-order valence-electron chi connectivity index (χ0n) is 18.7. The fourth-order valence-electron chi connectivity index (χ4n) is 2.45. The van der Waals surface area contributed by atoms with E-state index in [0.717, 1.165) is 6.21 Å². The summed E-state index contributed by atoms with van der Waals surface area (Å²) < 4.78 is 19.5. The van der Waals surface area contributed by atoms with Gasteiger partial charge in [0.2, 0.25) is 6.79 Å². The van der Waals surface area contributed by atoms with Crippen LogP contribution in [0.1, 0.15) is 27.6 Å². The number of pyridine rings is 1. The molecule has 172 valence electrons. The Balaban J connectivity index is 0.000000485. The van der Waals surface area contributed by atoms with Crippen molar-refractivity contribution in [1.82, 2.24) is 9.88 Å². The van der Waals surface area contributed by atoms with E-state index < -0.39 is 6.04 Å². The van der Waals surface area contributed by atoms with Gasteiger partial charge >= 0.3 is 0 Å². The molecule has 1 unspecified atom stereocenters. The molecule has 1 aromatic carbocycles. The van der Waals surface area contributed by atoms with Crippen molar-refractivity contribution < 1.29 is 28.5 Å². The summed E-state index contributed by atoms with van der Waals surface area (Å²) in [6, 6.07) is 7.77. The second kappa shape index (κ2) is 14.4. The average Bonchev–Trinajstić information content (AvgIpc) is 3.31. The maximum absolute atomic E-state index is 12.6. The number of benzene rings is 1. The van der Waals surface area contributed by atoms with Gasteiger partial charge in [0, 0.05) is 45.4 Å². The molecule has 1 amide bonds. The minimum absolute atomic E-state index is 0.155. The lowest BCUT2D eigenvalue weighted by Crippen LogP contribution is -2.40. The zero-order chi connectivity index (χ0) is 23.9. The molecule has 0 bridgehead atoms. The van der Waals surface area contributed by atoms with Gasteiger partial charge in [0.25, 0.3) is 5.91 Å². The minimum atomic E-state index is -0.608. The van der Waals surface area contributed by atoms with Crippen LogP contribution >= 0.6 is 0 Å². The summed E-state index contributed by atoms with van der Waals surface area (Å²) in [6.45, 7) is 5.48. The van der Waals surface area contributed by atoms with Crippen molar-refractivity contribution in [3.63, 3.8) is 0 Å². The third-order valence-corrected chi connectivity index (χ3v) is 4.20. The van der Waals surface area contributed by atoms with Crippen molar-refractivity contribution in [3.8, 4) is 11.5 Å². The summed E-state index contributed by atoms with van der Waals surface area (Å²) in [6.07, 6.45) is 5.63. The van der Waals surface area contributed by atoms with E-state index in [2.05, 4.69) is 21.0 Å². The van der Waals surface area contributed by atoms with Crippen LogP contribution < -0.4 is 9.47 Å². The van der Waals surface area contributed by atoms with Crippen LogP contribution in [0.3, 0.4) is 0 Å². The molecule has 0 spiro atoms. The summed E-state index contributed by atoms with van der Waals surface area (Å²) in [5, 5.41) is 6.21. The van der Waals surface area contributed by atoms with Crippen molar-refractivity contribution in [3.05, 3.63) is 66.5 Å². The van der Waals surface area contributed by atoms with Crippen LogP contribution in [0.15, 0.2) is 55.4 Å². The number of amides is 1. The number of carbonyl (C=O) groups excluding carboxylic acids is 2. The fraction of sp³-hybridized carbons (Fsp3) is 0.304. The minimum Gasteiger partial charge on any atom is -0.454 e. The molecule has 1 atom stereocenters. The number of carbonyl (C=O) groups is 2. The maximum Gasteiger partial charge on any atom is 0.255 e. The molecule has 0 saturated carbocycles. The molecule has 0 radical (unpaired) electrons. The summed E-state index contributed by atoms with van der Waals surface area (Å²) in [7, 11) is 4.78. The van der Waals surface area contributed by atoms with Crippen molar-refractivity contribution in [1.29, 1.82) is 5.41 Å². The number of nitrogens with one attached hydrogen (secondary N) is 1. The first-order valence-electron chi connectivity index (χ1n) is 9.61. The molecule has 0 fully saturated rings. The van der Waals surface area contributed by atoms with Crippen LogP contribution in [0.2, 0.25) is 0 Å². The van der Waals surface area contributed by atoms with Gasteiger partial charge in [0.05, 0.1) is 11.6 Å². The van der Waals surface area contributed by atoms with Gasteiger partial charge in [0.1, 0.15) is 6.79 Å². The second-order valence-corrected chi connectivity index (χ2v) is 6.36. The van der Waals surface area contributed by atoms with E-state index in [9.17, 15) is 9.59 Å². The molecular formula is C23H29N3O6. The Hall–Kier alpha value is -3.56. The number of methoxy groups -OCH3 is 2. The molecule has 0 aliphatic carbocycles. The maximum atomic E-state index is 12.6. The van der Waals surface area contributed by atoms with Gasteiger partial charge in [-0.15, -0.1) is 0 Å². The first-order valence-corrected chi connectivity index (χ1v) is 9.61. The number of Topliss-reactive ketones (excluding diaryl/α,β-unsaturated/α-hetero) is 1. The van der Waals surface area contributed by atoms with E-state index in [0.29, 0.717) is 29.4 Å². The van der Waals surface area contributed by atoms with Crippen LogP contribution in [-0.2, 0) is 9.47 Å². The Morgan fingerprint density at radius 2 is 1.88 bits per heavy atom. The molecule has 2 aromatic rings. The molecule has 32 heavy (non-hydrogen) atoms. The second-order valence-electron chi connectivity index (χ2n) is 6.36. The molecule has 1 aromatic heterocycles. The van der Waals surface area contributed by atoms with Gasteiger partial charge in [-0.3, -0.25) is 14.6 Å². The van der Waals surface area contributed by atoms with Gasteiger partial charge in [-0.05, 0) is 37.3 Å². The SMILES string of the molecule is C=CC=N.CC(C(=O)c1ccc2c(c1)OCO2)N(C)C(=O)c1cccnc1.COCOC. The Bertz CT molecular complexity index is 881. The van der Waals surface area contributed by atoms with Crippen molar-refractivity contribution in [2.45, 2.75) is 13.0 Å². The number of rotatable bonds is 7. The molecule has 1 aliphatic heterocycles. The van der Waals surface area contributed by atoms with E-state index in [4.69, 9.17) is 14.9 Å². The number of aromatic nitrogens is 1. The van der Waals surface area contributed by atoms with Crippen LogP contribution in [0.25, 0.3) is 0 Å². The van der Waals surface area contributed by atoms with E-state index in [-0.39, 0.29) is 18.5 Å². The monoisotopic (exact) mass is 443 g/mol.